The van der Waals surface area contributed by atoms with Gasteiger partial charge in [0.05, 0.1) is 12.4 Å². The van der Waals surface area contributed by atoms with Crippen molar-refractivity contribution in [3.63, 3.8) is 0 Å². The van der Waals surface area contributed by atoms with Crippen molar-refractivity contribution in [1.29, 1.82) is 5.26 Å². The molecule has 1 fully saturated rings. The largest absolute Gasteiger partial charge is 0.387 e. The standard InChI is InChI=1S/C11H12N6O3S/c12-2-21-1-5-7(18)8(19)11(20-5)17-4-16-6-9(13)14-3-15-10(6)17/h3-5,7-8,11,18-19H,1H2,(H2,13,14,15)/t5-,7-,8-,11-/m1/s1. The summed E-state index contributed by atoms with van der Waals surface area (Å²) in [5, 5.41) is 30.6. The van der Waals surface area contributed by atoms with Crippen LogP contribution in [0.4, 0.5) is 5.82 Å². The predicted octanol–water partition coefficient (Wildman–Crippen LogP) is -0.758. The predicted molar refractivity (Wildman–Crippen MR) is 73.7 cm³/mol. The normalized spacial score (nSPS) is 28.8. The number of nitrogens with zero attached hydrogens (tertiary/aromatic N) is 5. The van der Waals surface area contributed by atoms with Crippen molar-refractivity contribution in [2.75, 3.05) is 11.5 Å². The van der Waals surface area contributed by atoms with Gasteiger partial charge in [0.15, 0.2) is 17.7 Å². The Kier molecular flexibility index (Phi) is 3.64. The summed E-state index contributed by atoms with van der Waals surface area (Å²) < 4.78 is 7.13. The number of aliphatic hydroxyl groups excluding tert-OH is 2. The fourth-order valence-corrected chi connectivity index (χ4v) is 2.79. The number of thiocyanates is 1. The number of hydrogen-bond acceptors (Lipinski definition) is 9. The third-order valence-corrected chi connectivity index (χ3v) is 3.93. The zero-order valence-corrected chi connectivity index (χ0v) is 11.5. The number of nitrogen functional groups attached to an aromatic ring is 1. The van der Waals surface area contributed by atoms with E-state index in [1.54, 1.807) is 0 Å². The number of aliphatic hydroxyl groups is 2. The van der Waals surface area contributed by atoms with Crippen LogP contribution in [0.3, 0.4) is 0 Å². The minimum atomic E-state index is -1.15. The number of ether oxygens (including phenoxy) is 1. The molecular formula is C11H12N6O3S. The van der Waals surface area contributed by atoms with Gasteiger partial charge in [0.1, 0.15) is 29.5 Å². The number of fused-ring (bicyclic) bond motifs is 1. The smallest absolute Gasteiger partial charge is 0.167 e. The molecule has 0 amide bonds. The van der Waals surface area contributed by atoms with E-state index in [4.69, 9.17) is 15.7 Å². The lowest BCUT2D eigenvalue weighted by atomic mass is 10.1. The van der Waals surface area contributed by atoms with Gasteiger partial charge in [0.2, 0.25) is 0 Å². The maximum Gasteiger partial charge on any atom is 0.167 e. The van der Waals surface area contributed by atoms with E-state index in [1.807, 2.05) is 5.40 Å². The van der Waals surface area contributed by atoms with Gasteiger partial charge in [-0.2, -0.15) is 5.26 Å². The summed E-state index contributed by atoms with van der Waals surface area (Å²) in [5.41, 5.74) is 6.51. The van der Waals surface area contributed by atoms with E-state index < -0.39 is 24.5 Å². The highest BCUT2D eigenvalue weighted by molar-refractivity contribution is 8.03. The number of imidazole rings is 1. The molecule has 9 nitrogen and oxygen atoms in total. The molecular weight excluding hydrogens is 296 g/mol. The molecule has 0 aliphatic carbocycles. The zero-order chi connectivity index (χ0) is 15.0. The maximum atomic E-state index is 10.1. The monoisotopic (exact) mass is 308 g/mol. The molecule has 1 aliphatic rings. The lowest BCUT2D eigenvalue weighted by Crippen LogP contribution is -2.32. The highest BCUT2D eigenvalue weighted by Gasteiger charge is 2.44. The molecule has 3 rings (SSSR count). The SMILES string of the molecule is N#CSC[C@H]1O[C@@H](n2cnc3c(N)ncnc32)[C@H](O)[C@@H]1O. The molecule has 1 saturated heterocycles. The summed E-state index contributed by atoms with van der Waals surface area (Å²) in [6.07, 6.45) is -1.02. The molecule has 3 heterocycles. The van der Waals surface area contributed by atoms with Crippen LogP contribution in [-0.4, -0.2) is 53.8 Å². The zero-order valence-electron chi connectivity index (χ0n) is 10.7. The molecule has 0 unspecified atom stereocenters. The first-order valence-corrected chi connectivity index (χ1v) is 7.07. The topological polar surface area (TPSA) is 143 Å². The van der Waals surface area contributed by atoms with Gasteiger partial charge < -0.3 is 20.7 Å². The van der Waals surface area contributed by atoms with Crippen molar-refractivity contribution in [2.24, 2.45) is 0 Å². The fraction of sp³-hybridized carbons (Fsp3) is 0.455. The minimum Gasteiger partial charge on any atom is -0.387 e. The van der Waals surface area contributed by atoms with E-state index >= 15 is 0 Å². The highest BCUT2D eigenvalue weighted by atomic mass is 32.2. The first kappa shape index (κ1) is 14.0. The van der Waals surface area contributed by atoms with Gasteiger partial charge in [-0.15, -0.1) is 0 Å². The molecule has 4 atom stereocenters. The van der Waals surface area contributed by atoms with E-state index in [2.05, 4.69) is 15.0 Å². The summed E-state index contributed by atoms with van der Waals surface area (Å²) >= 11 is 0.955. The van der Waals surface area contributed by atoms with Crippen LogP contribution in [0.25, 0.3) is 11.2 Å². The number of rotatable bonds is 3. The highest BCUT2D eigenvalue weighted by Crippen LogP contribution is 2.33. The second-order valence-electron chi connectivity index (χ2n) is 4.53. The van der Waals surface area contributed by atoms with E-state index in [0.717, 1.165) is 11.8 Å². The van der Waals surface area contributed by atoms with Crippen molar-refractivity contribution in [1.82, 2.24) is 19.5 Å². The van der Waals surface area contributed by atoms with Crippen molar-refractivity contribution in [3.8, 4) is 5.40 Å². The number of hydrogen-bond donors (Lipinski definition) is 3. The second-order valence-corrected chi connectivity index (χ2v) is 5.34. The molecule has 1 aliphatic heterocycles. The van der Waals surface area contributed by atoms with Gasteiger partial charge in [-0.05, 0) is 11.8 Å². The maximum absolute atomic E-state index is 10.1. The van der Waals surface area contributed by atoms with E-state index in [1.165, 1.54) is 17.2 Å². The van der Waals surface area contributed by atoms with E-state index in [9.17, 15) is 10.2 Å². The summed E-state index contributed by atoms with van der Waals surface area (Å²) in [5.74, 6) is 0.484. The lowest BCUT2D eigenvalue weighted by Gasteiger charge is -2.16. The molecule has 2 aromatic heterocycles. The van der Waals surface area contributed by atoms with E-state index in [-0.39, 0.29) is 11.6 Å². The Morgan fingerprint density at radius 3 is 2.95 bits per heavy atom. The quantitative estimate of drug-likeness (QED) is 0.623. The molecule has 0 saturated carbocycles. The Balaban J connectivity index is 1.92. The van der Waals surface area contributed by atoms with Crippen molar-refractivity contribution in [2.45, 2.75) is 24.5 Å². The van der Waals surface area contributed by atoms with E-state index in [0.29, 0.717) is 11.2 Å². The van der Waals surface area contributed by atoms with Crippen molar-refractivity contribution in [3.05, 3.63) is 12.7 Å². The minimum absolute atomic E-state index is 0.225. The molecule has 0 spiro atoms. The Morgan fingerprint density at radius 2 is 2.19 bits per heavy atom. The van der Waals surface area contributed by atoms with Gasteiger partial charge in [-0.3, -0.25) is 4.57 Å². The molecule has 2 aromatic rings. The van der Waals surface area contributed by atoms with Crippen LogP contribution in [0.1, 0.15) is 6.23 Å². The van der Waals surface area contributed by atoms with Gasteiger partial charge >= 0.3 is 0 Å². The van der Waals surface area contributed by atoms with Gasteiger partial charge in [0, 0.05) is 5.75 Å². The Labute approximate surface area is 123 Å². The average molecular weight is 308 g/mol. The Hall–Kier alpha value is -1.93. The van der Waals surface area contributed by atoms with Gasteiger partial charge in [0.25, 0.3) is 0 Å². The molecule has 21 heavy (non-hydrogen) atoms. The second kappa shape index (κ2) is 5.45. The summed E-state index contributed by atoms with van der Waals surface area (Å²) in [6, 6.07) is 0. The van der Waals surface area contributed by atoms with Crippen LogP contribution < -0.4 is 5.73 Å². The van der Waals surface area contributed by atoms with Crippen LogP contribution in [0.5, 0.6) is 0 Å². The Bertz CT molecular complexity index is 701. The number of anilines is 1. The van der Waals surface area contributed by atoms with Crippen LogP contribution in [0.2, 0.25) is 0 Å². The lowest BCUT2D eigenvalue weighted by molar-refractivity contribution is -0.0288. The number of aromatic nitrogens is 4. The third kappa shape index (κ3) is 2.30. The molecule has 4 N–H and O–H groups in total. The third-order valence-electron chi connectivity index (χ3n) is 3.31. The molecule has 10 heteroatoms. The van der Waals surface area contributed by atoms with Crippen LogP contribution in [0.15, 0.2) is 12.7 Å². The Morgan fingerprint density at radius 1 is 1.38 bits per heavy atom. The average Bonchev–Trinajstić information content (AvgIpc) is 3.02. The van der Waals surface area contributed by atoms with Crippen molar-refractivity contribution < 1.29 is 14.9 Å². The van der Waals surface area contributed by atoms with Crippen LogP contribution >= 0.6 is 11.8 Å². The summed E-state index contributed by atoms with van der Waals surface area (Å²) in [7, 11) is 0. The molecule has 0 bridgehead atoms. The molecule has 0 radical (unpaired) electrons. The number of thioether (sulfide) groups is 1. The number of nitrogens with two attached hydrogens (primary N) is 1. The van der Waals surface area contributed by atoms with Crippen LogP contribution in [-0.2, 0) is 4.74 Å². The van der Waals surface area contributed by atoms with Gasteiger partial charge in [-0.1, -0.05) is 0 Å². The van der Waals surface area contributed by atoms with Crippen LogP contribution in [0, 0.1) is 10.7 Å². The van der Waals surface area contributed by atoms with Gasteiger partial charge in [-0.25, -0.2) is 15.0 Å². The van der Waals surface area contributed by atoms with Crippen molar-refractivity contribution >= 4 is 28.7 Å². The number of nitriles is 1. The first-order chi connectivity index (χ1) is 10.1. The first-order valence-electron chi connectivity index (χ1n) is 6.09. The summed E-state index contributed by atoms with van der Waals surface area (Å²) in [6.45, 7) is 0. The molecule has 110 valence electrons. The summed E-state index contributed by atoms with van der Waals surface area (Å²) in [4.78, 5) is 12.0. The molecule has 0 aromatic carbocycles. The fourth-order valence-electron chi connectivity index (χ4n) is 2.27.